The van der Waals surface area contributed by atoms with Crippen LogP contribution in [0.1, 0.15) is 42.4 Å². The maximum absolute atomic E-state index is 6.17. The molecule has 2 aromatic rings. The zero-order valence-corrected chi connectivity index (χ0v) is 13.9. The van der Waals surface area contributed by atoms with Crippen LogP contribution in [0, 0.1) is 6.92 Å². The van der Waals surface area contributed by atoms with E-state index in [0.717, 1.165) is 21.8 Å². The van der Waals surface area contributed by atoms with Crippen LogP contribution in [0.5, 0.6) is 0 Å². The molecular formula is C16H18Cl2N2O. The van der Waals surface area contributed by atoms with Crippen molar-refractivity contribution in [3.63, 3.8) is 0 Å². The van der Waals surface area contributed by atoms with Crippen molar-refractivity contribution < 1.29 is 4.74 Å². The molecule has 0 radical (unpaired) electrons. The molecule has 1 aromatic heterocycles. The van der Waals surface area contributed by atoms with Crippen molar-refractivity contribution >= 4 is 23.2 Å². The number of halogens is 2. The average Bonchev–Trinajstić information content (AvgIpc) is 2.50. The quantitative estimate of drug-likeness (QED) is 0.708. The lowest BCUT2D eigenvalue weighted by Crippen LogP contribution is -2.21. The lowest BCUT2D eigenvalue weighted by atomic mass is 9.92. The van der Waals surface area contributed by atoms with E-state index in [1.54, 1.807) is 0 Å². The lowest BCUT2D eigenvalue weighted by molar-refractivity contribution is 0.0972. The average molecular weight is 325 g/mol. The molecule has 0 saturated heterocycles. The Labute approximate surface area is 135 Å². The number of ether oxygens (including phenoxy) is 1. The second kappa shape index (κ2) is 7.21. The fourth-order valence-corrected chi connectivity index (χ4v) is 2.71. The number of aryl methyl sites for hydroxylation is 1. The first-order valence-corrected chi connectivity index (χ1v) is 7.77. The number of hydrogen-bond donors (Lipinski definition) is 0. The van der Waals surface area contributed by atoms with Gasteiger partial charge in [-0.05, 0) is 24.6 Å². The molecule has 2 heterocycles. The Hall–Kier alpha value is -1.16. The molecule has 1 aliphatic rings. The van der Waals surface area contributed by atoms with Gasteiger partial charge in [-0.15, -0.1) is 0 Å². The number of nitrogens with zero attached hydrogens (tertiary/aromatic N) is 2. The second-order valence-electron chi connectivity index (χ2n) is 4.54. The Morgan fingerprint density at radius 3 is 2.43 bits per heavy atom. The highest BCUT2D eigenvalue weighted by atomic mass is 35.5. The fourth-order valence-electron chi connectivity index (χ4n) is 2.31. The molecular weight excluding hydrogens is 307 g/mol. The third-order valence-corrected chi connectivity index (χ3v) is 3.80. The molecule has 0 spiro atoms. The summed E-state index contributed by atoms with van der Waals surface area (Å²) >= 11 is 12.1. The third kappa shape index (κ3) is 3.54. The minimum absolute atomic E-state index is 0.0835. The zero-order valence-electron chi connectivity index (χ0n) is 12.4. The summed E-state index contributed by atoms with van der Waals surface area (Å²) in [6.07, 6.45) is 0. The van der Waals surface area contributed by atoms with Crippen molar-refractivity contribution in [1.29, 1.82) is 0 Å². The second-order valence-corrected chi connectivity index (χ2v) is 5.34. The molecule has 1 aliphatic heterocycles. The van der Waals surface area contributed by atoms with Crippen LogP contribution in [0.2, 0.25) is 10.2 Å². The van der Waals surface area contributed by atoms with E-state index in [1.807, 2.05) is 45.0 Å². The van der Waals surface area contributed by atoms with Gasteiger partial charge in [0.05, 0.1) is 24.8 Å². The zero-order chi connectivity index (χ0) is 15.4. The van der Waals surface area contributed by atoms with Gasteiger partial charge in [0.1, 0.15) is 11.0 Å². The molecule has 1 atom stereocenters. The molecule has 3 nitrogen and oxygen atoms in total. The van der Waals surface area contributed by atoms with Gasteiger partial charge in [0.25, 0.3) is 0 Å². The standard InChI is InChI=1S/C14H12Cl2N2O.C2H6/c1-8-17-13-11(9-2-4-10(15)5-3-9)6-19-7-12(13)14(16)18-8;1-2/h2-5,11H,6-7H2,1H3;1-2H3. The van der Waals surface area contributed by atoms with E-state index in [4.69, 9.17) is 27.9 Å². The minimum Gasteiger partial charge on any atom is -0.376 e. The summed E-state index contributed by atoms with van der Waals surface area (Å²) in [6.45, 7) is 6.92. The smallest absolute Gasteiger partial charge is 0.138 e. The highest BCUT2D eigenvalue weighted by Crippen LogP contribution is 2.34. The third-order valence-electron chi connectivity index (χ3n) is 3.23. The van der Waals surface area contributed by atoms with Crippen LogP contribution in [0.4, 0.5) is 0 Å². The largest absolute Gasteiger partial charge is 0.376 e. The van der Waals surface area contributed by atoms with Crippen LogP contribution >= 0.6 is 23.2 Å². The van der Waals surface area contributed by atoms with E-state index >= 15 is 0 Å². The number of hydrogen-bond acceptors (Lipinski definition) is 3. The number of fused-ring (bicyclic) bond motifs is 1. The van der Waals surface area contributed by atoms with Crippen LogP contribution < -0.4 is 0 Å². The molecule has 0 amide bonds. The normalized spacial score (nSPS) is 16.7. The van der Waals surface area contributed by atoms with Gasteiger partial charge in [0.15, 0.2) is 0 Å². The van der Waals surface area contributed by atoms with E-state index in [9.17, 15) is 0 Å². The molecule has 0 saturated carbocycles. The number of benzene rings is 1. The van der Waals surface area contributed by atoms with Gasteiger partial charge in [0.2, 0.25) is 0 Å². The highest BCUT2D eigenvalue weighted by Gasteiger charge is 2.26. The van der Waals surface area contributed by atoms with Crippen LogP contribution in [-0.4, -0.2) is 16.6 Å². The lowest BCUT2D eigenvalue weighted by Gasteiger charge is -2.25. The van der Waals surface area contributed by atoms with Crippen molar-refractivity contribution in [3.05, 3.63) is 57.1 Å². The molecule has 0 N–H and O–H groups in total. The summed E-state index contributed by atoms with van der Waals surface area (Å²) in [6, 6.07) is 7.75. The van der Waals surface area contributed by atoms with E-state index in [1.165, 1.54) is 0 Å². The summed E-state index contributed by atoms with van der Waals surface area (Å²) in [5.41, 5.74) is 2.98. The fraction of sp³-hybridized carbons (Fsp3) is 0.375. The van der Waals surface area contributed by atoms with Crippen molar-refractivity contribution in [2.24, 2.45) is 0 Å². The molecule has 112 valence electrons. The van der Waals surface area contributed by atoms with Gasteiger partial charge in [-0.1, -0.05) is 49.2 Å². The Morgan fingerprint density at radius 2 is 1.76 bits per heavy atom. The van der Waals surface area contributed by atoms with Crippen LogP contribution in [0.3, 0.4) is 0 Å². The SMILES string of the molecule is CC.Cc1nc(Cl)c2c(n1)C(c1ccc(Cl)cc1)COC2. The molecule has 3 rings (SSSR count). The van der Waals surface area contributed by atoms with Gasteiger partial charge in [-0.25, -0.2) is 9.97 Å². The van der Waals surface area contributed by atoms with E-state index in [-0.39, 0.29) is 5.92 Å². The summed E-state index contributed by atoms with van der Waals surface area (Å²) in [5, 5.41) is 1.21. The number of rotatable bonds is 1. The Balaban J connectivity index is 0.000000774. The van der Waals surface area contributed by atoms with Crippen LogP contribution in [0.15, 0.2) is 24.3 Å². The van der Waals surface area contributed by atoms with Gasteiger partial charge in [-0.3, -0.25) is 0 Å². The van der Waals surface area contributed by atoms with Crippen LogP contribution in [-0.2, 0) is 11.3 Å². The van der Waals surface area contributed by atoms with E-state index < -0.39 is 0 Å². The first kappa shape index (κ1) is 16.2. The van der Waals surface area contributed by atoms with Gasteiger partial charge in [-0.2, -0.15) is 0 Å². The Morgan fingerprint density at radius 1 is 1.10 bits per heavy atom. The van der Waals surface area contributed by atoms with Gasteiger partial charge < -0.3 is 4.74 Å². The molecule has 5 heteroatoms. The van der Waals surface area contributed by atoms with Crippen molar-refractivity contribution in [1.82, 2.24) is 9.97 Å². The monoisotopic (exact) mass is 324 g/mol. The molecule has 0 aliphatic carbocycles. The predicted octanol–water partition coefficient (Wildman–Crippen LogP) is 4.78. The minimum atomic E-state index is 0.0835. The van der Waals surface area contributed by atoms with Crippen molar-refractivity contribution in [3.8, 4) is 0 Å². The first-order chi connectivity index (χ1) is 10.1. The van der Waals surface area contributed by atoms with Gasteiger partial charge in [0, 0.05) is 10.6 Å². The summed E-state index contributed by atoms with van der Waals surface area (Å²) in [4.78, 5) is 8.73. The topological polar surface area (TPSA) is 35.0 Å². The molecule has 21 heavy (non-hydrogen) atoms. The van der Waals surface area contributed by atoms with Gasteiger partial charge >= 0.3 is 0 Å². The maximum atomic E-state index is 6.17. The molecule has 1 unspecified atom stereocenters. The summed E-state index contributed by atoms with van der Waals surface area (Å²) < 4.78 is 5.62. The summed E-state index contributed by atoms with van der Waals surface area (Å²) in [5.74, 6) is 0.768. The summed E-state index contributed by atoms with van der Waals surface area (Å²) in [7, 11) is 0. The van der Waals surface area contributed by atoms with E-state index in [2.05, 4.69) is 9.97 Å². The molecule has 1 aromatic carbocycles. The van der Waals surface area contributed by atoms with Crippen LogP contribution in [0.25, 0.3) is 0 Å². The predicted molar refractivity (Wildman–Crippen MR) is 86.1 cm³/mol. The van der Waals surface area contributed by atoms with Crippen molar-refractivity contribution in [2.45, 2.75) is 33.3 Å². The van der Waals surface area contributed by atoms with Crippen molar-refractivity contribution in [2.75, 3.05) is 6.61 Å². The van der Waals surface area contributed by atoms with E-state index in [0.29, 0.717) is 24.2 Å². The molecule has 0 bridgehead atoms. The number of aromatic nitrogens is 2. The highest BCUT2D eigenvalue weighted by molar-refractivity contribution is 6.30. The Bertz CT molecular complexity index is 614. The maximum Gasteiger partial charge on any atom is 0.138 e. The first-order valence-electron chi connectivity index (χ1n) is 7.01. The Kier molecular flexibility index (Phi) is 5.57. The molecule has 0 fully saturated rings.